The van der Waals surface area contributed by atoms with Gasteiger partial charge < -0.3 is 15.7 Å². The van der Waals surface area contributed by atoms with E-state index in [0.717, 1.165) is 0 Å². The molecule has 5 nitrogen and oxygen atoms in total. The summed E-state index contributed by atoms with van der Waals surface area (Å²) in [6, 6.07) is 3.67. The summed E-state index contributed by atoms with van der Waals surface area (Å²) in [5.74, 6) is -1.07. The number of rotatable bonds is 3. The van der Waals surface area contributed by atoms with Gasteiger partial charge in [-0.1, -0.05) is 11.6 Å². The highest BCUT2D eigenvalue weighted by molar-refractivity contribution is 6.33. The second-order valence-corrected chi connectivity index (χ2v) is 3.39. The molecule has 1 aromatic rings. The average molecular weight is 243 g/mol. The lowest BCUT2D eigenvalue weighted by Gasteiger charge is -2.08. The SMILES string of the molecule is CCNC(=O)Nc1cc(C(=O)O)ccc1Cl. The minimum absolute atomic E-state index is 0.0659. The number of aromatic carboxylic acids is 1. The van der Waals surface area contributed by atoms with Crippen LogP contribution in [0.25, 0.3) is 0 Å². The van der Waals surface area contributed by atoms with Gasteiger partial charge in [0.25, 0.3) is 0 Å². The Hall–Kier alpha value is -1.75. The van der Waals surface area contributed by atoms with E-state index in [1.165, 1.54) is 18.2 Å². The van der Waals surface area contributed by atoms with Crippen molar-refractivity contribution in [3.8, 4) is 0 Å². The highest BCUT2D eigenvalue weighted by Gasteiger charge is 2.09. The molecule has 0 saturated heterocycles. The highest BCUT2D eigenvalue weighted by atomic mass is 35.5. The van der Waals surface area contributed by atoms with E-state index in [1.807, 2.05) is 0 Å². The summed E-state index contributed by atoms with van der Waals surface area (Å²) in [4.78, 5) is 21.9. The lowest BCUT2D eigenvalue weighted by Crippen LogP contribution is -2.28. The van der Waals surface area contributed by atoms with Crippen molar-refractivity contribution in [3.05, 3.63) is 28.8 Å². The monoisotopic (exact) mass is 242 g/mol. The third kappa shape index (κ3) is 3.13. The van der Waals surface area contributed by atoms with Crippen molar-refractivity contribution in [1.29, 1.82) is 0 Å². The van der Waals surface area contributed by atoms with E-state index >= 15 is 0 Å². The molecule has 0 heterocycles. The van der Waals surface area contributed by atoms with Crippen LogP contribution in [0.4, 0.5) is 10.5 Å². The molecule has 2 amide bonds. The first-order chi connectivity index (χ1) is 7.54. The Morgan fingerprint density at radius 3 is 2.69 bits per heavy atom. The third-order valence-electron chi connectivity index (χ3n) is 1.80. The highest BCUT2D eigenvalue weighted by Crippen LogP contribution is 2.22. The van der Waals surface area contributed by atoms with E-state index in [1.54, 1.807) is 6.92 Å². The molecule has 0 aromatic heterocycles. The number of carbonyl (C=O) groups excluding carboxylic acids is 1. The number of carboxylic acids is 1. The standard InChI is InChI=1S/C10H11ClN2O3/c1-2-12-10(16)13-8-5-6(9(14)15)3-4-7(8)11/h3-5H,2H2,1H3,(H,14,15)(H2,12,13,16). The molecule has 0 radical (unpaired) electrons. The Bertz CT molecular complexity index is 421. The number of amides is 2. The summed E-state index contributed by atoms with van der Waals surface area (Å²) in [5, 5.41) is 14.0. The number of carbonyl (C=O) groups is 2. The Morgan fingerprint density at radius 1 is 1.44 bits per heavy atom. The van der Waals surface area contributed by atoms with Crippen molar-refractivity contribution in [2.24, 2.45) is 0 Å². The zero-order valence-corrected chi connectivity index (χ0v) is 9.34. The lowest BCUT2D eigenvalue weighted by atomic mass is 10.2. The fourth-order valence-corrected chi connectivity index (χ4v) is 1.25. The summed E-state index contributed by atoms with van der Waals surface area (Å²) in [5.41, 5.74) is 0.337. The van der Waals surface area contributed by atoms with Crippen LogP contribution < -0.4 is 10.6 Å². The number of hydrogen-bond acceptors (Lipinski definition) is 2. The molecule has 0 atom stereocenters. The fraction of sp³-hybridized carbons (Fsp3) is 0.200. The van der Waals surface area contributed by atoms with Crippen molar-refractivity contribution in [1.82, 2.24) is 5.32 Å². The third-order valence-corrected chi connectivity index (χ3v) is 2.13. The molecule has 0 saturated carbocycles. The average Bonchev–Trinajstić information content (AvgIpc) is 2.21. The van der Waals surface area contributed by atoms with E-state index in [4.69, 9.17) is 16.7 Å². The van der Waals surface area contributed by atoms with Crippen LogP contribution in [-0.2, 0) is 0 Å². The number of anilines is 1. The first-order valence-corrected chi connectivity index (χ1v) is 5.00. The van der Waals surface area contributed by atoms with Crippen molar-refractivity contribution in [3.63, 3.8) is 0 Å². The van der Waals surface area contributed by atoms with Gasteiger partial charge in [0.1, 0.15) is 0 Å². The maximum Gasteiger partial charge on any atom is 0.335 e. The van der Waals surface area contributed by atoms with Crippen LogP contribution in [0.5, 0.6) is 0 Å². The van der Waals surface area contributed by atoms with Crippen LogP contribution >= 0.6 is 11.6 Å². The summed E-state index contributed by atoms with van der Waals surface area (Å²) in [6.07, 6.45) is 0. The Morgan fingerprint density at radius 2 is 2.12 bits per heavy atom. The maximum absolute atomic E-state index is 11.2. The normalized spacial score (nSPS) is 9.62. The predicted octanol–water partition coefficient (Wildman–Crippen LogP) is 2.18. The lowest BCUT2D eigenvalue weighted by molar-refractivity contribution is 0.0697. The van der Waals surface area contributed by atoms with Gasteiger partial charge in [0.2, 0.25) is 0 Å². The number of nitrogens with one attached hydrogen (secondary N) is 2. The van der Waals surface area contributed by atoms with Gasteiger partial charge in [-0.2, -0.15) is 0 Å². The van der Waals surface area contributed by atoms with Crippen molar-refractivity contribution >= 4 is 29.3 Å². The zero-order chi connectivity index (χ0) is 12.1. The van der Waals surface area contributed by atoms with Gasteiger partial charge in [0.05, 0.1) is 16.3 Å². The summed E-state index contributed by atoms with van der Waals surface area (Å²) in [7, 11) is 0. The molecule has 0 spiro atoms. The van der Waals surface area contributed by atoms with Crippen LogP contribution in [0.3, 0.4) is 0 Å². The molecule has 0 aliphatic rings. The maximum atomic E-state index is 11.2. The Kier molecular flexibility index (Phi) is 4.13. The summed E-state index contributed by atoms with van der Waals surface area (Å²) < 4.78 is 0. The zero-order valence-electron chi connectivity index (χ0n) is 8.58. The molecular weight excluding hydrogens is 232 g/mol. The van der Waals surface area contributed by atoms with Crippen LogP contribution in [0, 0.1) is 0 Å². The van der Waals surface area contributed by atoms with Crippen LogP contribution in [0.15, 0.2) is 18.2 Å². The van der Waals surface area contributed by atoms with Crippen molar-refractivity contribution < 1.29 is 14.7 Å². The number of hydrogen-bond donors (Lipinski definition) is 3. The molecule has 86 valence electrons. The van der Waals surface area contributed by atoms with Gasteiger partial charge in [-0.3, -0.25) is 0 Å². The van der Waals surface area contributed by atoms with Gasteiger partial charge in [0.15, 0.2) is 0 Å². The van der Waals surface area contributed by atoms with Gasteiger partial charge in [0, 0.05) is 6.54 Å². The van der Waals surface area contributed by atoms with E-state index in [-0.39, 0.29) is 16.3 Å². The largest absolute Gasteiger partial charge is 0.478 e. The molecular formula is C10H11ClN2O3. The van der Waals surface area contributed by atoms with Gasteiger partial charge >= 0.3 is 12.0 Å². The number of benzene rings is 1. The molecule has 0 aliphatic heterocycles. The number of urea groups is 1. The molecule has 3 N–H and O–H groups in total. The fourth-order valence-electron chi connectivity index (χ4n) is 1.08. The van der Waals surface area contributed by atoms with Crippen molar-refractivity contribution in [2.45, 2.75) is 6.92 Å². The van der Waals surface area contributed by atoms with Gasteiger partial charge in [-0.25, -0.2) is 9.59 Å². The summed E-state index contributed by atoms with van der Waals surface area (Å²) >= 11 is 5.81. The quantitative estimate of drug-likeness (QED) is 0.760. The smallest absolute Gasteiger partial charge is 0.335 e. The second-order valence-electron chi connectivity index (χ2n) is 2.98. The van der Waals surface area contributed by atoms with Gasteiger partial charge in [-0.15, -0.1) is 0 Å². The molecule has 0 unspecified atom stereocenters. The number of carboxylic acid groups (broad SMARTS) is 1. The van der Waals surface area contributed by atoms with Gasteiger partial charge in [-0.05, 0) is 25.1 Å². The van der Waals surface area contributed by atoms with E-state index in [0.29, 0.717) is 6.54 Å². The minimum Gasteiger partial charge on any atom is -0.478 e. The summed E-state index contributed by atoms with van der Waals surface area (Å²) in [6.45, 7) is 2.25. The first-order valence-electron chi connectivity index (χ1n) is 4.62. The molecule has 6 heteroatoms. The predicted molar refractivity (Wildman–Crippen MR) is 61.1 cm³/mol. The molecule has 1 rings (SSSR count). The molecule has 0 bridgehead atoms. The van der Waals surface area contributed by atoms with Crippen LogP contribution in [0.1, 0.15) is 17.3 Å². The molecule has 0 aliphatic carbocycles. The van der Waals surface area contributed by atoms with Crippen LogP contribution in [-0.4, -0.2) is 23.7 Å². The minimum atomic E-state index is -1.07. The first kappa shape index (κ1) is 12.3. The molecule has 1 aromatic carbocycles. The van der Waals surface area contributed by atoms with Crippen molar-refractivity contribution in [2.75, 3.05) is 11.9 Å². The van der Waals surface area contributed by atoms with E-state index < -0.39 is 12.0 Å². The van der Waals surface area contributed by atoms with E-state index in [9.17, 15) is 9.59 Å². The Balaban J connectivity index is 2.90. The van der Waals surface area contributed by atoms with Crippen LogP contribution in [0.2, 0.25) is 5.02 Å². The molecule has 16 heavy (non-hydrogen) atoms. The second kappa shape index (κ2) is 5.37. The molecule has 0 fully saturated rings. The topological polar surface area (TPSA) is 78.4 Å². The number of halogens is 1. The Labute approximate surface area is 97.4 Å². The van der Waals surface area contributed by atoms with E-state index in [2.05, 4.69) is 10.6 Å².